The van der Waals surface area contributed by atoms with Gasteiger partial charge in [0.2, 0.25) is 5.91 Å². The fourth-order valence-corrected chi connectivity index (χ4v) is 1.68. The van der Waals surface area contributed by atoms with Gasteiger partial charge in [-0.2, -0.15) is 0 Å². The van der Waals surface area contributed by atoms with Gasteiger partial charge in [0, 0.05) is 23.1 Å². The molecule has 2 N–H and O–H groups in total. The molecule has 2 rings (SSSR count). The van der Waals surface area contributed by atoms with E-state index in [2.05, 4.69) is 10.6 Å². The molecule has 96 valence electrons. The Morgan fingerprint density at radius 2 is 1.32 bits per heavy atom. The Bertz CT molecular complexity index is 562. The quantitative estimate of drug-likeness (QED) is 0.816. The number of carbonyl (C=O) groups excluding carboxylic acids is 1. The Morgan fingerprint density at radius 1 is 0.842 bits per heavy atom. The molecule has 2 aromatic rings. The van der Waals surface area contributed by atoms with E-state index < -0.39 is 0 Å². The van der Waals surface area contributed by atoms with Crippen LogP contribution in [0.4, 0.5) is 11.4 Å². The first-order valence-electron chi connectivity index (χ1n) is 6.10. The maximum absolute atomic E-state index is 11.8. The first-order chi connectivity index (χ1) is 9.24. The molecule has 0 saturated carbocycles. The predicted octanol–water partition coefficient (Wildman–Crippen LogP) is 3.64. The Hall–Kier alpha value is -2.55. The van der Waals surface area contributed by atoms with Gasteiger partial charge in [0.25, 0.3) is 0 Å². The van der Waals surface area contributed by atoms with Gasteiger partial charge in [0.1, 0.15) is 0 Å². The van der Waals surface area contributed by atoms with Crippen LogP contribution in [-0.2, 0) is 4.79 Å². The lowest BCUT2D eigenvalue weighted by Gasteiger charge is -2.06. The van der Waals surface area contributed by atoms with Gasteiger partial charge in [-0.3, -0.25) is 4.79 Å². The van der Waals surface area contributed by atoms with Crippen LogP contribution in [0.25, 0.3) is 0 Å². The van der Waals surface area contributed by atoms with Crippen molar-refractivity contribution in [2.24, 2.45) is 0 Å². The van der Waals surface area contributed by atoms with Gasteiger partial charge in [-0.15, -0.1) is 0 Å². The molecule has 3 heteroatoms. The van der Waals surface area contributed by atoms with Crippen molar-refractivity contribution in [2.75, 3.05) is 10.6 Å². The molecule has 2 aromatic carbocycles. The zero-order valence-corrected chi connectivity index (χ0v) is 10.8. The molecule has 0 unspecified atom stereocenters. The van der Waals surface area contributed by atoms with Gasteiger partial charge in [-0.25, -0.2) is 0 Å². The van der Waals surface area contributed by atoms with Crippen LogP contribution in [0.5, 0.6) is 0 Å². The van der Waals surface area contributed by atoms with Crippen LogP contribution in [0.3, 0.4) is 0 Å². The summed E-state index contributed by atoms with van der Waals surface area (Å²) >= 11 is 0. The lowest BCUT2D eigenvalue weighted by atomic mass is 10.3. The first-order valence-corrected chi connectivity index (χ1v) is 6.10. The minimum absolute atomic E-state index is 0.146. The second-order valence-corrected chi connectivity index (χ2v) is 4.17. The number of nitrogens with one attached hydrogen (secondary N) is 2. The number of benzene rings is 2. The molecule has 0 atom stereocenters. The lowest BCUT2D eigenvalue weighted by molar-refractivity contribution is -0.111. The third-order valence-corrected chi connectivity index (χ3v) is 2.50. The van der Waals surface area contributed by atoms with Gasteiger partial charge in [0.15, 0.2) is 0 Å². The van der Waals surface area contributed by atoms with Crippen molar-refractivity contribution >= 4 is 17.3 Å². The summed E-state index contributed by atoms with van der Waals surface area (Å²) in [5.74, 6) is -0.146. The number of carbonyl (C=O) groups is 1. The topological polar surface area (TPSA) is 41.1 Å². The molecule has 0 saturated heterocycles. The van der Waals surface area contributed by atoms with Crippen LogP contribution in [0.15, 0.2) is 72.4 Å². The van der Waals surface area contributed by atoms with Crippen molar-refractivity contribution in [1.82, 2.24) is 0 Å². The Morgan fingerprint density at radius 3 is 1.84 bits per heavy atom. The van der Waals surface area contributed by atoms with E-state index in [-0.39, 0.29) is 5.91 Å². The summed E-state index contributed by atoms with van der Waals surface area (Å²) in [7, 11) is 0. The zero-order valence-electron chi connectivity index (χ0n) is 10.8. The maximum atomic E-state index is 11.8. The summed E-state index contributed by atoms with van der Waals surface area (Å²) in [6, 6.07) is 19.1. The molecule has 0 bridgehead atoms. The number of allylic oxidation sites excluding steroid dienone is 1. The average Bonchev–Trinajstić information content (AvgIpc) is 2.40. The van der Waals surface area contributed by atoms with Crippen LogP contribution >= 0.6 is 0 Å². The van der Waals surface area contributed by atoms with Gasteiger partial charge in [-0.1, -0.05) is 36.4 Å². The van der Waals surface area contributed by atoms with E-state index in [0.717, 1.165) is 17.1 Å². The standard InChI is InChI=1S/C16H16N2O/c1-13(17-14-8-4-2-5-9-14)12-16(19)18-15-10-6-3-7-11-15/h2-12,17H,1H3,(H,18,19)/b13-12-. The third-order valence-electron chi connectivity index (χ3n) is 2.50. The highest BCUT2D eigenvalue weighted by Crippen LogP contribution is 2.09. The Balaban J connectivity index is 1.95. The molecule has 1 amide bonds. The summed E-state index contributed by atoms with van der Waals surface area (Å²) in [5.41, 5.74) is 2.54. The highest BCUT2D eigenvalue weighted by molar-refractivity contribution is 5.99. The molecule has 0 fully saturated rings. The molecule has 0 spiro atoms. The highest BCUT2D eigenvalue weighted by atomic mass is 16.1. The van der Waals surface area contributed by atoms with Gasteiger partial charge >= 0.3 is 0 Å². The Kier molecular flexibility index (Phi) is 4.34. The van der Waals surface area contributed by atoms with Crippen molar-refractivity contribution in [1.29, 1.82) is 0 Å². The molecule has 0 aromatic heterocycles. The van der Waals surface area contributed by atoms with Crippen molar-refractivity contribution in [3.63, 3.8) is 0 Å². The average molecular weight is 252 g/mol. The minimum atomic E-state index is -0.146. The molecule has 0 aliphatic carbocycles. The molecule has 0 aliphatic rings. The van der Waals surface area contributed by atoms with Crippen molar-refractivity contribution in [3.8, 4) is 0 Å². The van der Waals surface area contributed by atoms with Crippen LogP contribution in [0, 0.1) is 0 Å². The van der Waals surface area contributed by atoms with E-state index in [0.29, 0.717) is 0 Å². The molecule has 0 radical (unpaired) electrons. The number of anilines is 2. The number of amides is 1. The second-order valence-electron chi connectivity index (χ2n) is 4.17. The van der Waals surface area contributed by atoms with Crippen LogP contribution in [-0.4, -0.2) is 5.91 Å². The third kappa shape index (κ3) is 4.32. The summed E-state index contributed by atoms with van der Waals surface area (Å²) < 4.78 is 0. The smallest absolute Gasteiger partial charge is 0.250 e. The number of hydrogen-bond acceptors (Lipinski definition) is 2. The van der Waals surface area contributed by atoms with Gasteiger partial charge in [-0.05, 0) is 31.2 Å². The van der Waals surface area contributed by atoms with Crippen LogP contribution in [0.2, 0.25) is 0 Å². The summed E-state index contributed by atoms with van der Waals surface area (Å²) in [6.07, 6.45) is 1.54. The normalized spacial score (nSPS) is 10.9. The SMILES string of the molecule is C/C(=C/C(=O)Nc1ccccc1)Nc1ccccc1. The van der Waals surface area contributed by atoms with E-state index in [4.69, 9.17) is 0 Å². The predicted molar refractivity (Wildman–Crippen MR) is 78.9 cm³/mol. The molecular formula is C16H16N2O. The van der Waals surface area contributed by atoms with Crippen LogP contribution in [0.1, 0.15) is 6.92 Å². The highest BCUT2D eigenvalue weighted by Gasteiger charge is 1.99. The molecule has 0 aliphatic heterocycles. The first kappa shape index (κ1) is 12.9. The monoisotopic (exact) mass is 252 g/mol. The Labute approximate surface area is 113 Å². The van der Waals surface area contributed by atoms with Gasteiger partial charge < -0.3 is 10.6 Å². The fourth-order valence-electron chi connectivity index (χ4n) is 1.68. The summed E-state index contributed by atoms with van der Waals surface area (Å²) in [6.45, 7) is 1.86. The zero-order chi connectivity index (χ0) is 13.5. The second kappa shape index (κ2) is 6.40. The minimum Gasteiger partial charge on any atom is -0.359 e. The molecular weight excluding hydrogens is 236 g/mol. The van der Waals surface area contributed by atoms with E-state index in [1.54, 1.807) is 6.08 Å². The van der Waals surface area contributed by atoms with Crippen molar-refractivity contribution < 1.29 is 4.79 Å². The fraction of sp³-hybridized carbons (Fsp3) is 0.0625. The van der Waals surface area contributed by atoms with Gasteiger partial charge in [0.05, 0.1) is 0 Å². The molecule has 0 heterocycles. The van der Waals surface area contributed by atoms with Crippen molar-refractivity contribution in [2.45, 2.75) is 6.92 Å². The van der Waals surface area contributed by atoms with E-state index >= 15 is 0 Å². The lowest BCUT2D eigenvalue weighted by Crippen LogP contribution is -2.10. The summed E-state index contributed by atoms with van der Waals surface area (Å²) in [5, 5.41) is 5.96. The molecule has 19 heavy (non-hydrogen) atoms. The largest absolute Gasteiger partial charge is 0.359 e. The maximum Gasteiger partial charge on any atom is 0.250 e. The van der Waals surface area contributed by atoms with E-state index in [1.165, 1.54) is 0 Å². The number of rotatable bonds is 4. The van der Waals surface area contributed by atoms with Crippen molar-refractivity contribution in [3.05, 3.63) is 72.4 Å². The van der Waals surface area contributed by atoms with E-state index in [9.17, 15) is 4.79 Å². The van der Waals surface area contributed by atoms with E-state index in [1.807, 2.05) is 67.6 Å². The van der Waals surface area contributed by atoms with Crippen LogP contribution < -0.4 is 10.6 Å². The molecule has 3 nitrogen and oxygen atoms in total. The number of para-hydroxylation sites is 2. The number of hydrogen-bond donors (Lipinski definition) is 2. The summed E-state index contributed by atoms with van der Waals surface area (Å²) in [4.78, 5) is 11.8.